The van der Waals surface area contributed by atoms with E-state index in [1.165, 1.54) is 5.56 Å². The van der Waals surface area contributed by atoms with Crippen LogP contribution in [-0.4, -0.2) is 26.7 Å². The van der Waals surface area contributed by atoms with Crippen LogP contribution in [0.3, 0.4) is 0 Å². The summed E-state index contributed by atoms with van der Waals surface area (Å²) in [5.41, 5.74) is 5.09. The molecule has 0 bridgehead atoms. The van der Waals surface area contributed by atoms with Crippen LogP contribution < -0.4 is 5.32 Å². The van der Waals surface area contributed by atoms with E-state index < -0.39 is 0 Å². The molecule has 3 rings (SSSR count). The summed E-state index contributed by atoms with van der Waals surface area (Å²) in [5.74, 6) is 1.02. The first-order valence-electron chi connectivity index (χ1n) is 10.8. The maximum absolute atomic E-state index is 12.5. The van der Waals surface area contributed by atoms with Crippen molar-refractivity contribution in [2.24, 2.45) is 0 Å². The Morgan fingerprint density at radius 3 is 2.57 bits per heavy atom. The fraction of sp³-hybridized carbons (Fsp3) is 0.542. The third-order valence-electron chi connectivity index (χ3n) is 5.62. The Kier molecular flexibility index (Phi) is 6.34. The molecule has 1 amide bonds. The fourth-order valence-electron chi connectivity index (χ4n) is 4.01. The van der Waals surface area contributed by atoms with Crippen LogP contribution in [0.5, 0.6) is 0 Å². The van der Waals surface area contributed by atoms with Crippen LogP contribution in [0.15, 0.2) is 22.8 Å². The molecule has 1 N–H and O–H groups in total. The predicted octanol–water partition coefficient (Wildman–Crippen LogP) is 4.77. The van der Waals surface area contributed by atoms with E-state index in [4.69, 9.17) is 14.5 Å². The van der Waals surface area contributed by atoms with Crippen LogP contribution in [0, 0.1) is 20.8 Å². The number of nitrogens with zero attached hydrogens (tertiary/aromatic N) is 3. The Hall–Kier alpha value is -2.63. The van der Waals surface area contributed by atoms with E-state index in [1.54, 1.807) is 6.26 Å². The fourth-order valence-corrected chi connectivity index (χ4v) is 4.01. The average molecular weight is 411 g/mol. The molecule has 0 saturated carbocycles. The van der Waals surface area contributed by atoms with Gasteiger partial charge in [-0.25, -0.2) is 9.67 Å². The van der Waals surface area contributed by atoms with Crippen LogP contribution in [0.25, 0.3) is 11.0 Å². The molecule has 3 aromatic rings. The summed E-state index contributed by atoms with van der Waals surface area (Å²) >= 11 is 0. The zero-order valence-corrected chi connectivity index (χ0v) is 19.3. The quantitative estimate of drug-likeness (QED) is 0.609. The van der Waals surface area contributed by atoms with Crippen LogP contribution in [0.2, 0.25) is 0 Å². The number of carbonyl (C=O) groups is 1. The van der Waals surface area contributed by atoms with Gasteiger partial charge in [0.1, 0.15) is 5.76 Å². The van der Waals surface area contributed by atoms with Gasteiger partial charge in [-0.05, 0) is 84.6 Å². The molecule has 0 aliphatic carbocycles. The Balaban J connectivity index is 1.68. The van der Waals surface area contributed by atoms with Crippen molar-refractivity contribution in [1.82, 2.24) is 20.1 Å². The van der Waals surface area contributed by atoms with Gasteiger partial charge < -0.3 is 9.73 Å². The molecule has 0 aromatic carbocycles. The van der Waals surface area contributed by atoms with Gasteiger partial charge in [0.15, 0.2) is 5.65 Å². The lowest BCUT2D eigenvalue weighted by molar-refractivity contribution is -0.121. The molecule has 6 heteroatoms. The summed E-state index contributed by atoms with van der Waals surface area (Å²) in [4.78, 5) is 17.4. The number of furan rings is 1. The molecule has 3 heterocycles. The zero-order valence-electron chi connectivity index (χ0n) is 19.3. The number of amides is 1. The molecule has 0 fully saturated rings. The van der Waals surface area contributed by atoms with Crippen molar-refractivity contribution in [2.45, 2.75) is 85.7 Å². The number of rotatable bonds is 7. The number of hydrogen-bond donors (Lipinski definition) is 1. The Morgan fingerprint density at radius 2 is 1.93 bits per heavy atom. The number of fused-ring (bicyclic) bond motifs is 1. The third kappa shape index (κ3) is 4.74. The van der Waals surface area contributed by atoms with Gasteiger partial charge in [0.25, 0.3) is 0 Å². The standard InChI is InChI=1S/C24H34N4O2/c1-15(10-11-19-9-8-14-30-19)25-21(29)13-12-20-16(2)22-18(4)27-28(24(5,6)7)23(22)26-17(20)3/h8-9,14-15H,10-13H2,1-7H3,(H,25,29). The topological polar surface area (TPSA) is 73.0 Å². The molecule has 1 unspecified atom stereocenters. The first kappa shape index (κ1) is 22.1. The van der Waals surface area contributed by atoms with Gasteiger partial charge >= 0.3 is 0 Å². The summed E-state index contributed by atoms with van der Waals surface area (Å²) < 4.78 is 7.37. The van der Waals surface area contributed by atoms with Crippen LogP contribution in [-0.2, 0) is 23.2 Å². The van der Waals surface area contributed by atoms with Gasteiger partial charge in [0.05, 0.1) is 17.5 Å². The number of aryl methyl sites for hydroxylation is 4. The SMILES string of the molecule is Cc1nc2c(c(C)nn2C(C)(C)C)c(C)c1CCC(=O)NC(C)CCc1ccco1. The molecule has 1 atom stereocenters. The largest absolute Gasteiger partial charge is 0.469 e. The number of nitrogens with one attached hydrogen (secondary N) is 1. The van der Waals surface area contributed by atoms with E-state index in [1.807, 2.05) is 37.6 Å². The van der Waals surface area contributed by atoms with Crippen molar-refractivity contribution < 1.29 is 9.21 Å². The second-order valence-corrected chi connectivity index (χ2v) is 9.25. The number of aromatic nitrogens is 3. The van der Waals surface area contributed by atoms with Crippen molar-refractivity contribution in [1.29, 1.82) is 0 Å². The summed E-state index contributed by atoms with van der Waals surface area (Å²) in [6.45, 7) is 14.6. The van der Waals surface area contributed by atoms with Crippen molar-refractivity contribution in [3.63, 3.8) is 0 Å². The lowest BCUT2D eigenvalue weighted by atomic mass is 9.98. The van der Waals surface area contributed by atoms with E-state index in [9.17, 15) is 4.79 Å². The Bertz CT molecular complexity index is 1030. The van der Waals surface area contributed by atoms with E-state index >= 15 is 0 Å². The minimum atomic E-state index is -0.133. The highest BCUT2D eigenvalue weighted by atomic mass is 16.3. The number of hydrogen-bond acceptors (Lipinski definition) is 4. The molecule has 162 valence electrons. The lowest BCUT2D eigenvalue weighted by Crippen LogP contribution is -2.33. The summed E-state index contributed by atoms with van der Waals surface area (Å²) in [7, 11) is 0. The van der Waals surface area contributed by atoms with Gasteiger partial charge in [-0.15, -0.1) is 0 Å². The minimum absolute atomic E-state index is 0.0722. The average Bonchev–Trinajstić information content (AvgIpc) is 3.27. The van der Waals surface area contributed by atoms with Gasteiger partial charge in [-0.1, -0.05) is 0 Å². The van der Waals surface area contributed by atoms with Gasteiger partial charge in [-0.3, -0.25) is 4.79 Å². The molecular formula is C24H34N4O2. The smallest absolute Gasteiger partial charge is 0.220 e. The molecule has 0 saturated heterocycles. The van der Waals surface area contributed by atoms with E-state index in [-0.39, 0.29) is 17.5 Å². The highest BCUT2D eigenvalue weighted by Crippen LogP contribution is 2.29. The molecule has 0 aliphatic rings. The summed E-state index contributed by atoms with van der Waals surface area (Å²) in [6.07, 6.45) is 4.49. The van der Waals surface area contributed by atoms with E-state index in [0.717, 1.165) is 46.6 Å². The van der Waals surface area contributed by atoms with Crippen molar-refractivity contribution >= 4 is 16.9 Å². The van der Waals surface area contributed by atoms with Gasteiger partial charge in [-0.2, -0.15) is 5.10 Å². The molecule has 3 aromatic heterocycles. The lowest BCUT2D eigenvalue weighted by Gasteiger charge is -2.20. The molecular weight excluding hydrogens is 376 g/mol. The summed E-state index contributed by atoms with van der Waals surface area (Å²) in [6, 6.07) is 3.96. The molecule has 0 spiro atoms. The third-order valence-corrected chi connectivity index (χ3v) is 5.62. The van der Waals surface area contributed by atoms with Gasteiger partial charge in [0.2, 0.25) is 5.91 Å². The number of pyridine rings is 1. The van der Waals surface area contributed by atoms with Crippen molar-refractivity contribution in [3.8, 4) is 0 Å². The van der Waals surface area contributed by atoms with Crippen molar-refractivity contribution in [2.75, 3.05) is 0 Å². The van der Waals surface area contributed by atoms with E-state index in [0.29, 0.717) is 12.8 Å². The van der Waals surface area contributed by atoms with Crippen LogP contribution in [0.1, 0.15) is 68.8 Å². The first-order chi connectivity index (χ1) is 14.1. The van der Waals surface area contributed by atoms with Crippen LogP contribution >= 0.6 is 0 Å². The zero-order chi connectivity index (χ0) is 22.1. The predicted molar refractivity (Wildman–Crippen MR) is 120 cm³/mol. The highest BCUT2D eigenvalue weighted by Gasteiger charge is 2.23. The monoisotopic (exact) mass is 410 g/mol. The molecule has 0 radical (unpaired) electrons. The van der Waals surface area contributed by atoms with Crippen LogP contribution in [0.4, 0.5) is 0 Å². The summed E-state index contributed by atoms with van der Waals surface area (Å²) in [5, 5.41) is 8.96. The molecule has 6 nitrogen and oxygen atoms in total. The Labute approximate surface area is 179 Å². The molecule has 30 heavy (non-hydrogen) atoms. The first-order valence-corrected chi connectivity index (χ1v) is 10.8. The second-order valence-electron chi connectivity index (χ2n) is 9.25. The van der Waals surface area contributed by atoms with E-state index in [2.05, 4.69) is 33.0 Å². The van der Waals surface area contributed by atoms with Crippen molar-refractivity contribution in [3.05, 3.63) is 46.7 Å². The number of carbonyl (C=O) groups excluding carboxylic acids is 1. The minimum Gasteiger partial charge on any atom is -0.469 e. The second kappa shape index (κ2) is 8.62. The highest BCUT2D eigenvalue weighted by molar-refractivity contribution is 5.84. The maximum Gasteiger partial charge on any atom is 0.220 e. The normalized spacial score (nSPS) is 13.0. The Morgan fingerprint density at radius 1 is 1.20 bits per heavy atom. The molecule has 0 aliphatic heterocycles. The maximum atomic E-state index is 12.5. The van der Waals surface area contributed by atoms with Gasteiger partial charge in [0, 0.05) is 30.0 Å².